The lowest BCUT2D eigenvalue weighted by Gasteiger charge is -2.39. The molecular formula is C31H35IN2O4. The minimum atomic E-state index is -0.529. The highest BCUT2D eigenvalue weighted by Gasteiger charge is 2.32. The molecule has 0 radical (unpaired) electrons. The van der Waals surface area contributed by atoms with E-state index in [9.17, 15) is 9.59 Å². The summed E-state index contributed by atoms with van der Waals surface area (Å²) in [7, 11) is 1.66. The first-order valence-corrected chi connectivity index (χ1v) is 14.0. The van der Waals surface area contributed by atoms with Crippen LogP contribution in [-0.4, -0.2) is 53.6 Å². The Kier molecular flexibility index (Phi) is 8.97. The summed E-state index contributed by atoms with van der Waals surface area (Å²) in [6.45, 7) is 7.25. The lowest BCUT2D eigenvalue weighted by atomic mass is 10.00. The van der Waals surface area contributed by atoms with E-state index in [-0.39, 0.29) is 18.0 Å². The summed E-state index contributed by atoms with van der Waals surface area (Å²) in [5.74, 6) is 0.837. The number of methoxy groups -OCH3 is 1. The molecule has 38 heavy (non-hydrogen) atoms. The monoisotopic (exact) mass is 626 g/mol. The van der Waals surface area contributed by atoms with Crippen LogP contribution in [0.3, 0.4) is 0 Å². The average molecular weight is 627 g/mol. The number of nitrogens with zero attached hydrogens (tertiary/aromatic N) is 2. The number of carbonyl (C=O) groups is 2. The van der Waals surface area contributed by atoms with Gasteiger partial charge in [0.05, 0.1) is 7.11 Å². The Labute approximate surface area is 239 Å². The Morgan fingerprint density at radius 2 is 1.45 bits per heavy atom. The predicted molar refractivity (Wildman–Crippen MR) is 158 cm³/mol. The van der Waals surface area contributed by atoms with Gasteiger partial charge in [0.25, 0.3) is 5.91 Å². The molecule has 1 heterocycles. The Morgan fingerprint density at radius 1 is 0.895 bits per heavy atom. The van der Waals surface area contributed by atoms with Crippen LogP contribution < -0.4 is 4.74 Å². The van der Waals surface area contributed by atoms with Gasteiger partial charge in [0.15, 0.2) is 0 Å². The third kappa shape index (κ3) is 7.28. The molecular weight excluding hydrogens is 591 g/mol. The van der Waals surface area contributed by atoms with Gasteiger partial charge in [-0.2, -0.15) is 0 Å². The maximum atomic E-state index is 13.7. The second-order valence-electron chi connectivity index (χ2n) is 10.6. The molecule has 3 aromatic rings. The minimum absolute atomic E-state index is 0.0105. The second-order valence-corrected chi connectivity index (χ2v) is 11.8. The van der Waals surface area contributed by atoms with E-state index in [1.807, 2.05) is 74.2 Å². The van der Waals surface area contributed by atoms with Gasteiger partial charge >= 0.3 is 6.09 Å². The van der Waals surface area contributed by atoms with E-state index in [4.69, 9.17) is 9.47 Å². The Hall–Kier alpha value is -3.07. The van der Waals surface area contributed by atoms with Crippen LogP contribution in [0.4, 0.5) is 4.79 Å². The SMILES string of the molecule is COc1ccc(-c2ccc(CN(C(=O)c3ccc(I)cc3)C3CCN(C(=O)OC(C)(C)C)CC3)cc2)cc1. The zero-order valence-corrected chi connectivity index (χ0v) is 24.6. The number of amides is 2. The van der Waals surface area contributed by atoms with Crippen LogP contribution >= 0.6 is 22.6 Å². The van der Waals surface area contributed by atoms with E-state index in [0.717, 1.165) is 26.0 Å². The lowest BCUT2D eigenvalue weighted by molar-refractivity contribution is 0.0141. The third-order valence-electron chi connectivity index (χ3n) is 6.64. The summed E-state index contributed by atoms with van der Waals surface area (Å²) >= 11 is 2.25. The predicted octanol–water partition coefficient (Wildman–Crippen LogP) is 7.01. The molecule has 4 rings (SSSR count). The van der Waals surface area contributed by atoms with Gasteiger partial charge in [-0.1, -0.05) is 36.4 Å². The van der Waals surface area contributed by atoms with Crippen molar-refractivity contribution in [1.82, 2.24) is 9.80 Å². The van der Waals surface area contributed by atoms with Crippen molar-refractivity contribution in [3.05, 3.63) is 87.5 Å². The zero-order valence-electron chi connectivity index (χ0n) is 22.4. The molecule has 0 N–H and O–H groups in total. The second kappa shape index (κ2) is 12.2. The molecule has 0 spiro atoms. The highest BCUT2D eigenvalue weighted by Crippen LogP contribution is 2.26. The number of benzene rings is 3. The number of piperidine rings is 1. The van der Waals surface area contributed by atoms with Crippen LogP contribution in [0, 0.1) is 3.57 Å². The number of hydrogen-bond acceptors (Lipinski definition) is 4. The van der Waals surface area contributed by atoms with Gasteiger partial charge in [-0.25, -0.2) is 4.79 Å². The number of rotatable bonds is 6. The Bertz CT molecular complexity index is 1230. The Morgan fingerprint density at radius 3 is 1.97 bits per heavy atom. The molecule has 0 atom stereocenters. The smallest absolute Gasteiger partial charge is 0.410 e. The molecule has 2 amide bonds. The number of likely N-dealkylation sites (tertiary alicyclic amines) is 1. The van der Waals surface area contributed by atoms with Gasteiger partial charge in [0.2, 0.25) is 0 Å². The fraction of sp³-hybridized carbons (Fsp3) is 0.355. The minimum Gasteiger partial charge on any atom is -0.497 e. The first-order valence-electron chi connectivity index (χ1n) is 12.9. The molecule has 1 fully saturated rings. The molecule has 0 saturated carbocycles. The molecule has 0 unspecified atom stereocenters. The number of halogens is 1. The highest BCUT2D eigenvalue weighted by molar-refractivity contribution is 14.1. The van der Waals surface area contributed by atoms with Crippen LogP contribution in [0.1, 0.15) is 49.5 Å². The van der Waals surface area contributed by atoms with Crippen LogP contribution in [0.15, 0.2) is 72.8 Å². The standard InChI is InChI=1S/C31H35IN2O4/c1-31(2,3)38-30(36)33-19-17-27(18-20-33)34(29(35)25-9-13-26(32)14-10-25)21-22-5-7-23(8-6-22)24-11-15-28(37-4)16-12-24/h5-16,27H,17-21H2,1-4H3. The molecule has 7 heteroatoms. The van der Waals surface area contributed by atoms with Crippen LogP contribution in [0.2, 0.25) is 0 Å². The molecule has 1 aliphatic rings. The fourth-order valence-corrected chi connectivity index (χ4v) is 4.95. The summed E-state index contributed by atoms with van der Waals surface area (Å²) < 4.78 is 11.9. The van der Waals surface area contributed by atoms with Crippen molar-refractivity contribution in [1.29, 1.82) is 0 Å². The third-order valence-corrected chi connectivity index (χ3v) is 7.36. The quantitative estimate of drug-likeness (QED) is 0.277. The zero-order chi connectivity index (χ0) is 27.3. The molecule has 3 aromatic carbocycles. The molecule has 1 aliphatic heterocycles. The summed E-state index contributed by atoms with van der Waals surface area (Å²) in [4.78, 5) is 30.0. The van der Waals surface area contributed by atoms with Crippen molar-refractivity contribution < 1.29 is 19.1 Å². The normalized spacial score (nSPS) is 14.2. The first-order chi connectivity index (χ1) is 18.1. The molecule has 0 bridgehead atoms. The molecule has 200 valence electrons. The van der Waals surface area contributed by atoms with Crippen molar-refractivity contribution in [2.75, 3.05) is 20.2 Å². The number of hydrogen-bond donors (Lipinski definition) is 0. The number of carbonyl (C=O) groups excluding carboxylic acids is 2. The van der Waals surface area contributed by atoms with Gasteiger partial charge in [0.1, 0.15) is 11.4 Å². The highest BCUT2D eigenvalue weighted by atomic mass is 127. The van der Waals surface area contributed by atoms with Crippen LogP contribution in [0.5, 0.6) is 5.75 Å². The Balaban J connectivity index is 1.50. The van der Waals surface area contributed by atoms with Crippen molar-refractivity contribution in [2.45, 2.75) is 51.8 Å². The lowest BCUT2D eigenvalue weighted by Crippen LogP contribution is -2.49. The van der Waals surface area contributed by atoms with Crippen molar-refractivity contribution >= 4 is 34.6 Å². The van der Waals surface area contributed by atoms with Crippen molar-refractivity contribution in [3.63, 3.8) is 0 Å². The molecule has 1 saturated heterocycles. The van der Waals surface area contributed by atoms with Gasteiger partial charge < -0.3 is 19.3 Å². The molecule has 6 nitrogen and oxygen atoms in total. The van der Waals surface area contributed by atoms with Gasteiger partial charge in [0, 0.05) is 34.8 Å². The van der Waals surface area contributed by atoms with Crippen molar-refractivity contribution in [2.24, 2.45) is 0 Å². The van der Waals surface area contributed by atoms with Crippen LogP contribution in [-0.2, 0) is 11.3 Å². The number of ether oxygens (including phenoxy) is 2. The van der Waals surface area contributed by atoms with Gasteiger partial charge in [-0.15, -0.1) is 0 Å². The average Bonchev–Trinajstić information content (AvgIpc) is 2.91. The summed E-state index contributed by atoms with van der Waals surface area (Å²) in [5.41, 5.74) is 3.43. The van der Waals surface area contributed by atoms with E-state index in [0.29, 0.717) is 38.0 Å². The van der Waals surface area contributed by atoms with Crippen LogP contribution in [0.25, 0.3) is 11.1 Å². The summed E-state index contributed by atoms with van der Waals surface area (Å²) in [5, 5.41) is 0. The summed E-state index contributed by atoms with van der Waals surface area (Å²) in [6.07, 6.45) is 1.12. The van der Waals surface area contributed by atoms with Gasteiger partial charge in [-0.05, 0) is 109 Å². The van der Waals surface area contributed by atoms with E-state index in [1.54, 1.807) is 12.0 Å². The largest absolute Gasteiger partial charge is 0.497 e. The molecule has 0 aliphatic carbocycles. The maximum absolute atomic E-state index is 13.7. The first kappa shape index (κ1) is 28.0. The maximum Gasteiger partial charge on any atom is 0.410 e. The van der Waals surface area contributed by atoms with E-state index in [1.165, 1.54) is 0 Å². The van der Waals surface area contributed by atoms with Crippen molar-refractivity contribution in [3.8, 4) is 16.9 Å². The fourth-order valence-electron chi connectivity index (χ4n) is 4.59. The molecule has 0 aromatic heterocycles. The van der Waals surface area contributed by atoms with E-state index < -0.39 is 5.60 Å². The van der Waals surface area contributed by atoms with Gasteiger partial charge in [-0.3, -0.25) is 4.79 Å². The van der Waals surface area contributed by atoms with E-state index in [2.05, 4.69) is 46.9 Å². The summed E-state index contributed by atoms with van der Waals surface area (Å²) in [6, 6.07) is 24.1. The van der Waals surface area contributed by atoms with E-state index >= 15 is 0 Å². The topological polar surface area (TPSA) is 59.1 Å².